The lowest BCUT2D eigenvalue weighted by atomic mass is 9.88. The molecule has 1 atom stereocenters. The van der Waals surface area contributed by atoms with Gasteiger partial charge in [0.1, 0.15) is 0 Å². The van der Waals surface area contributed by atoms with Crippen molar-refractivity contribution in [2.75, 3.05) is 11.4 Å². The average Bonchev–Trinajstić information content (AvgIpc) is 2.87. The molecule has 1 aliphatic carbocycles. The SMILES string of the molecule is CCC(NC(=O)c1cccc(N(C)S(=O)(=O)c2ccccc2)c1)c1ccc2c(c1)CCCC2. The summed E-state index contributed by atoms with van der Waals surface area (Å²) >= 11 is 0. The predicted molar refractivity (Wildman–Crippen MR) is 132 cm³/mol. The van der Waals surface area contributed by atoms with Crippen LogP contribution in [0.1, 0.15) is 59.3 Å². The number of amides is 1. The molecule has 1 N–H and O–H groups in total. The quantitative estimate of drug-likeness (QED) is 0.520. The summed E-state index contributed by atoms with van der Waals surface area (Å²) < 4.78 is 27.1. The van der Waals surface area contributed by atoms with Crippen LogP contribution in [-0.2, 0) is 22.9 Å². The maximum Gasteiger partial charge on any atom is 0.264 e. The van der Waals surface area contributed by atoms with E-state index in [-0.39, 0.29) is 16.8 Å². The van der Waals surface area contributed by atoms with Crippen molar-refractivity contribution in [3.05, 3.63) is 95.1 Å². The molecule has 3 aromatic carbocycles. The monoisotopic (exact) mass is 462 g/mol. The summed E-state index contributed by atoms with van der Waals surface area (Å²) in [5.74, 6) is -0.216. The number of sulfonamides is 1. The summed E-state index contributed by atoms with van der Waals surface area (Å²) in [5, 5.41) is 3.14. The lowest BCUT2D eigenvalue weighted by Gasteiger charge is -2.22. The molecule has 0 aliphatic heterocycles. The third kappa shape index (κ3) is 4.96. The van der Waals surface area contributed by atoms with Crippen LogP contribution in [0, 0.1) is 0 Å². The molecular weight excluding hydrogens is 432 g/mol. The molecule has 33 heavy (non-hydrogen) atoms. The molecule has 0 heterocycles. The first-order valence-electron chi connectivity index (χ1n) is 11.5. The number of benzene rings is 3. The van der Waals surface area contributed by atoms with E-state index in [4.69, 9.17) is 0 Å². The second kappa shape index (κ2) is 9.79. The van der Waals surface area contributed by atoms with Gasteiger partial charge in [0.05, 0.1) is 16.6 Å². The Balaban J connectivity index is 1.54. The van der Waals surface area contributed by atoms with Gasteiger partial charge in [-0.25, -0.2) is 8.42 Å². The summed E-state index contributed by atoms with van der Waals surface area (Å²) in [5.41, 5.74) is 4.79. The highest BCUT2D eigenvalue weighted by Gasteiger charge is 2.22. The average molecular weight is 463 g/mol. The molecule has 0 saturated carbocycles. The van der Waals surface area contributed by atoms with Crippen molar-refractivity contribution < 1.29 is 13.2 Å². The molecule has 1 amide bonds. The normalized spacial score (nSPS) is 14.2. The van der Waals surface area contributed by atoms with E-state index in [9.17, 15) is 13.2 Å². The number of aryl methyl sites for hydroxylation is 2. The van der Waals surface area contributed by atoms with Crippen LogP contribution >= 0.6 is 0 Å². The Hall–Kier alpha value is -3.12. The molecule has 6 heteroatoms. The minimum absolute atomic E-state index is 0.0980. The number of rotatable bonds is 7. The van der Waals surface area contributed by atoms with E-state index in [1.165, 1.54) is 35.3 Å². The summed E-state index contributed by atoms with van der Waals surface area (Å²) in [6.07, 6.45) is 5.45. The molecule has 5 nitrogen and oxygen atoms in total. The zero-order valence-electron chi connectivity index (χ0n) is 19.1. The zero-order chi connectivity index (χ0) is 23.4. The molecule has 0 spiro atoms. The van der Waals surface area contributed by atoms with E-state index in [2.05, 4.69) is 30.4 Å². The van der Waals surface area contributed by atoms with Crippen LogP contribution in [0.5, 0.6) is 0 Å². The Morgan fingerprint density at radius 3 is 2.39 bits per heavy atom. The number of nitrogens with zero attached hydrogens (tertiary/aromatic N) is 1. The third-order valence-corrected chi connectivity index (χ3v) is 8.16. The molecule has 0 saturated heterocycles. The Kier molecular flexibility index (Phi) is 6.84. The summed E-state index contributed by atoms with van der Waals surface area (Å²) in [6, 6.07) is 21.5. The van der Waals surface area contributed by atoms with Crippen LogP contribution in [0.15, 0.2) is 77.7 Å². The van der Waals surface area contributed by atoms with Crippen molar-refractivity contribution in [2.24, 2.45) is 0 Å². The molecule has 0 radical (unpaired) electrons. The fraction of sp³-hybridized carbons (Fsp3) is 0.296. The van der Waals surface area contributed by atoms with E-state index >= 15 is 0 Å². The maximum absolute atomic E-state index is 13.1. The smallest absolute Gasteiger partial charge is 0.264 e. The second-order valence-corrected chi connectivity index (χ2v) is 10.5. The zero-order valence-corrected chi connectivity index (χ0v) is 19.9. The standard InChI is InChI=1S/C27H30N2O3S/c1-3-26(22-17-16-20-10-7-8-11-21(20)18-22)28-27(30)23-12-9-13-24(19-23)29(2)33(31,32)25-14-5-4-6-15-25/h4-6,9,12-19,26H,3,7-8,10-11H2,1-2H3,(H,28,30). The minimum Gasteiger partial charge on any atom is -0.345 e. The number of carbonyl (C=O) groups is 1. The lowest BCUT2D eigenvalue weighted by Crippen LogP contribution is -2.29. The molecule has 0 bridgehead atoms. The van der Waals surface area contributed by atoms with E-state index in [1.807, 2.05) is 0 Å². The summed E-state index contributed by atoms with van der Waals surface area (Å²) in [4.78, 5) is 13.3. The van der Waals surface area contributed by atoms with E-state index < -0.39 is 10.0 Å². The molecule has 1 aliphatic rings. The van der Waals surface area contributed by atoms with Crippen molar-refractivity contribution in [1.29, 1.82) is 0 Å². The molecular formula is C27H30N2O3S. The topological polar surface area (TPSA) is 66.5 Å². The number of hydrogen-bond acceptors (Lipinski definition) is 3. The number of nitrogens with one attached hydrogen (secondary N) is 1. The van der Waals surface area contributed by atoms with Crippen LogP contribution in [0.4, 0.5) is 5.69 Å². The largest absolute Gasteiger partial charge is 0.345 e. The molecule has 1 unspecified atom stereocenters. The number of anilines is 1. The van der Waals surface area contributed by atoms with Gasteiger partial charge in [-0.2, -0.15) is 0 Å². The number of hydrogen-bond donors (Lipinski definition) is 1. The lowest BCUT2D eigenvalue weighted by molar-refractivity contribution is 0.0935. The van der Waals surface area contributed by atoms with Crippen molar-refractivity contribution >= 4 is 21.6 Å². The maximum atomic E-state index is 13.1. The van der Waals surface area contributed by atoms with Gasteiger partial charge >= 0.3 is 0 Å². The highest BCUT2D eigenvalue weighted by Crippen LogP contribution is 2.27. The van der Waals surface area contributed by atoms with Crippen molar-refractivity contribution in [3.63, 3.8) is 0 Å². The van der Waals surface area contributed by atoms with Crippen LogP contribution in [0.3, 0.4) is 0 Å². The van der Waals surface area contributed by atoms with Crippen LogP contribution in [-0.4, -0.2) is 21.4 Å². The van der Waals surface area contributed by atoms with Gasteiger partial charge in [0, 0.05) is 12.6 Å². The number of fused-ring (bicyclic) bond motifs is 1. The first-order chi connectivity index (χ1) is 15.9. The fourth-order valence-corrected chi connectivity index (χ4v) is 5.57. The van der Waals surface area contributed by atoms with Gasteiger partial charge in [0.15, 0.2) is 0 Å². The molecule has 0 aromatic heterocycles. The fourth-order valence-electron chi connectivity index (χ4n) is 4.37. The second-order valence-electron chi connectivity index (χ2n) is 8.51. The first-order valence-corrected chi connectivity index (χ1v) is 12.9. The van der Waals surface area contributed by atoms with Crippen molar-refractivity contribution in [1.82, 2.24) is 5.32 Å². The highest BCUT2D eigenvalue weighted by molar-refractivity contribution is 7.92. The molecule has 3 aromatic rings. The molecule has 0 fully saturated rings. The summed E-state index contributed by atoms with van der Waals surface area (Å²) in [6.45, 7) is 2.06. The molecule has 172 valence electrons. The van der Waals surface area contributed by atoms with Gasteiger partial charge in [0.2, 0.25) is 0 Å². The van der Waals surface area contributed by atoms with Crippen molar-refractivity contribution in [2.45, 2.75) is 50.0 Å². The van der Waals surface area contributed by atoms with Crippen LogP contribution in [0.25, 0.3) is 0 Å². The first kappa shape index (κ1) is 23.1. The van der Waals surface area contributed by atoms with Crippen LogP contribution in [0.2, 0.25) is 0 Å². The van der Waals surface area contributed by atoms with E-state index in [0.29, 0.717) is 11.3 Å². The predicted octanol–water partition coefficient (Wildman–Crippen LogP) is 5.27. The highest BCUT2D eigenvalue weighted by atomic mass is 32.2. The van der Waals surface area contributed by atoms with Crippen molar-refractivity contribution in [3.8, 4) is 0 Å². The Morgan fingerprint density at radius 1 is 0.939 bits per heavy atom. The Labute approximate surface area is 196 Å². The van der Waals surface area contributed by atoms with Gasteiger partial charge in [0.25, 0.3) is 15.9 Å². The minimum atomic E-state index is -3.71. The van der Waals surface area contributed by atoms with Gasteiger partial charge in [-0.3, -0.25) is 9.10 Å². The van der Waals surface area contributed by atoms with Gasteiger partial charge < -0.3 is 5.32 Å². The number of carbonyl (C=O) groups excluding carboxylic acids is 1. The van der Waals surface area contributed by atoms with E-state index in [1.54, 1.807) is 54.6 Å². The van der Waals surface area contributed by atoms with Gasteiger partial charge in [-0.15, -0.1) is 0 Å². The van der Waals surface area contributed by atoms with Gasteiger partial charge in [-0.1, -0.05) is 49.4 Å². The Bertz CT molecular complexity index is 1240. The molecule has 4 rings (SSSR count). The Morgan fingerprint density at radius 2 is 1.67 bits per heavy atom. The van der Waals surface area contributed by atoms with E-state index in [0.717, 1.165) is 24.8 Å². The van der Waals surface area contributed by atoms with Gasteiger partial charge in [-0.05, 0) is 79.1 Å². The third-order valence-electron chi connectivity index (χ3n) is 6.36. The van der Waals surface area contributed by atoms with Crippen LogP contribution < -0.4 is 9.62 Å². The summed E-state index contributed by atoms with van der Waals surface area (Å²) in [7, 11) is -2.21.